The molecule has 0 fully saturated rings. The third-order valence-corrected chi connectivity index (χ3v) is 4.21. The van der Waals surface area contributed by atoms with Crippen molar-refractivity contribution in [2.75, 3.05) is 5.32 Å². The van der Waals surface area contributed by atoms with Gasteiger partial charge in [0, 0.05) is 5.02 Å². The first-order valence-corrected chi connectivity index (χ1v) is 7.28. The van der Waals surface area contributed by atoms with E-state index in [2.05, 4.69) is 29.4 Å². The van der Waals surface area contributed by atoms with Gasteiger partial charge in [-0.05, 0) is 42.8 Å². The quantitative estimate of drug-likeness (QED) is 0.661. The van der Waals surface area contributed by atoms with Crippen LogP contribution < -0.4 is 5.32 Å². The largest absolute Gasteiger partial charge is 0.330 e. The van der Waals surface area contributed by atoms with Gasteiger partial charge in [0.15, 0.2) is 5.13 Å². The van der Waals surface area contributed by atoms with Gasteiger partial charge in [-0.15, -0.1) is 0 Å². The molecular formula is C14H10Cl2N2S. The summed E-state index contributed by atoms with van der Waals surface area (Å²) in [5.74, 6) is 0. The average Bonchev–Trinajstić information content (AvgIpc) is 2.75. The van der Waals surface area contributed by atoms with Gasteiger partial charge in [-0.1, -0.05) is 40.6 Å². The smallest absolute Gasteiger partial charge is 0.188 e. The number of hydrogen-bond acceptors (Lipinski definition) is 3. The number of rotatable bonds is 2. The molecule has 0 saturated carbocycles. The maximum absolute atomic E-state index is 6.13. The number of aromatic nitrogens is 1. The van der Waals surface area contributed by atoms with E-state index in [9.17, 15) is 0 Å². The summed E-state index contributed by atoms with van der Waals surface area (Å²) >= 11 is 13.7. The van der Waals surface area contributed by atoms with E-state index in [0.29, 0.717) is 10.0 Å². The Kier molecular flexibility index (Phi) is 3.35. The van der Waals surface area contributed by atoms with Gasteiger partial charge in [-0.3, -0.25) is 0 Å². The SMILES string of the molecule is Cc1ccc2nc(Nc3cc(Cl)ccc3Cl)sc2c1. The summed E-state index contributed by atoms with van der Waals surface area (Å²) in [6, 6.07) is 11.5. The molecule has 0 radical (unpaired) electrons. The molecule has 2 nitrogen and oxygen atoms in total. The first-order chi connectivity index (χ1) is 9.11. The number of nitrogens with zero attached hydrogens (tertiary/aromatic N) is 1. The fourth-order valence-electron chi connectivity index (χ4n) is 1.79. The second-order valence-corrected chi connectivity index (χ2v) is 6.11. The zero-order valence-corrected chi connectivity index (χ0v) is 12.4. The van der Waals surface area contributed by atoms with E-state index in [1.165, 1.54) is 5.56 Å². The van der Waals surface area contributed by atoms with Crippen molar-refractivity contribution >= 4 is 55.6 Å². The molecule has 0 saturated heterocycles. The Labute approximate surface area is 125 Å². The summed E-state index contributed by atoms with van der Waals surface area (Å²) in [6.45, 7) is 2.07. The van der Waals surface area contributed by atoms with Crippen LogP contribution >= 0.6 is 34.5 Å². The minimum Gasteiger partial charge on any atom is -0.330 e. The van der Waals surface area contributed by atoms with Crippen LogP contribution in [0.15, 0.2) is 36.4 Å². The molecule has 0 amide bonds. The van der Waals surface area contributed by atoms with Gasteiger partial charge in [0.05, 0.1) is 20.9 Å². The Hall–Kier alpha value is -1.29. The maximum atomic E-state index is 6.13. The van der Waals surface area contributed by atoms with E-state index < -0.39 is 0 Å². The highest BCUT2D eigenvalue weighted by atomic mass is 35.5. The van der Waals surface area contributed by atoms with E-state index in [-0.39, 0.29) is 0 Å². The zero-order chi connectivity index (χ0) is 13.4. The number of fused-ring (bicyclic) bond motifs is 1. The van der Waals surface area contributed by atoms with Crippen molar-refractivity contribution in [3.05, 3.63) is 52.0 Å². The first kappa shape index (κ1) is 12.7. The predicted molar refractivity (Wildman–Crippen MR) is 84.1 cm³/mol. The molecule has 3 rings (SSSR count). The predicted octanol–water partition coefficient (Wildman–Crippen LogP) is 5.66. The number of nitrogens with one attached hydrogen (secondary N) is 1. The molecule has 0 atom stereocenters. The number of benzene rings is 2. The van der Waals surface area contributed by atoms with Crippen LogP contribution in [0, 0.1) is 6.92 Å². The van der Waals surface area contributed by atoms with Gasteiger partial charge in [-0.25, -0.2) is 4.98 Å². The third-order valence-electron chi connectivity index (χ3n) is 2.71. The molecule has 96 valence electrons. The molecule has 1 heterocycles. The van der Waals surface area contributed by atoms with Crippen molar-refractivity contribution < 1.29 is 0 Å². The number of aryl methyl sites for hydroxylation is 1. The highest BCUT2D eigenvalue weighted by molar-refractivity contribution is 7.22. The van der Waals surface area contributed by atoms with Crippen LogP contribution in [-0.4, -0.2) is 4.98 Å². The zero-order valence-electron chi connectivity index (χ0n) is 10.1. The maximum Gasteiger partial charge on any atom is 0.188 e. The summed E-state index contributed by atoms with van der Waals surface area (Å²) in [7, 11) is 0. The van der Waals surface area contributed by atoms with Gasteiger partial charge in [-0.2, -0.15) is 0 Å². The minimum absolute atomic E-state index is 0.625. The topological polar surface area (TPSA) is 24.9 Å². The molecule has 19 heavy (non-hydrogen) atoms. The number of thiazole rings is 1. The van der Waals surface area contributed by atoms with Crippen molar-refractivity contribution in [2.45, 2.75) is 6.92 Å². The Morgan fingerprint density at radius 3 is 2.79 bits per heavy atom. The van der Waals surface area contributed by atoms with E-state index in [0.717, 1.165) is 21.0 Å². The van der Waals surface area contributed by atoms with Crippen molar-refractivity contribution in [3.63, 3.8) is 0 Å². The van der Waals surface area contributed by atoms with Crippen molar-refractivity contribution in [1.82, 2.24) is 4.98 Å². The van der Waals surface area contributed by atoms with E-state index in [1.807, 2.05) is 6.07 Å². The fraction of sp³-hybridized carbons (Fsp3) is 0.0714. The fourth-order valence-corrected chi connectivity index (χ4v) is 3.11. The average molecular weight is 309 g/mol. The molecule has 1 N–H and O–H groups in total. The van der Waals surface area contributed by atoms with Gasteiger partial charge in [0.2, 0.25) is 0 Å². The standard InChI is InChI=1S/C14H10Cl2N2S/c1-8-2-5-11-13(6-8)19-14(17-11)18-12-7-9(15)3-4-10(12)16/h2-7H,1H3,(H,17,18). The normalized spacial score (nSPS) is 10.9. The van der Waals surface area contributed by atoms with E-state index in [1.54, 1.807) is 29.5 Å². The second kappa shape index (κ2) is 5.00. The lowest BCUT2D eigenvalue weighted by Gasteiger charge is -2.04. The van der Waals surface area contributed by atoms with Crippen molar-refractivity contribution in [3.8, 4) is 0 Å². The van der Waals surface area contributed by atoms with E-state index in [4.69, 9.17) is 23.2 Å². The molecule has 0 aliphatic heterocycles. The van der Waals surface area contributed by atoms with E-state index >= 15 is 0 Å². The van der Waals surface area contributed by atoms with Crippen LogP contribution in [0.2, 0.25) is 10.0 Å². The molecule has 3 aromatic rings. The van der Waals surface area contributed by atoms with Gasteiger partial charge < -0.3 is 5.32 Å². The highest BCUT2D eigenvalue weighted by Gasteiger charge is 2.07. The van der Waals surface area contributed by atoms with Crippen LogP contribution in [-0.2, 0) is 0 Å². The molecule has 0 bridgehead atoms. The lowest BCUT2D eigenvalue weighted by atomic mass is 10.2. The van der Waals surface area contributed by atoms with Crippen LogP contribution in [0.3, 0.4) is 0 Å². The molecule has 0 aliphatic carbocycles. The summed E-state index contributed by atoms with van der Waals surface area (Å²) in [5.41, 5.74) is 2.98. The Morgan fingerprint density at radius 1 is 1.11 bits per heavy atom. The van der Waals surface area contributed by atoms with Gasteiger partial charge >= 0.3 is 0 Å². The summed E-state index contributed by atoms with van der Waals surface area (Å²) in [5, 5.41) is 5.29. The number of halogens is 2. The molecule has 0 aliphatic rings. The summed E-state index contributed by atoms with van der Waals surface area (Å²) in [4.78, 5) is 4.53. The van der Waals surface area contributed by atoms with Crippen LogP contribution in [0.1, 0.15) is 5.56 Å². The molecule has 5 heteroatoms. The number of anilines is 2. The monoisotopic (exact) mass is 308 g/mol. The minimum atomic E-state index is 0.625. The summed E-state index contributed by atoms with van der Waals surface area (Å²) < 4.78 is 1.15. The van der Waals surface area contributed by atoms with Gasteiger partial charge in [0.1, 0.15) is 0 Å². The third kappa shape index (κ3) is 2.68. The molecule has 0 spiro atoms. The number of hydrogen-bond donors (Lipinski definition) is 1. The van der Waals surface area contributed by atoms with Crippen molar-refractivity contribution in [1.29, 1.82) is 0 Å². The second-order valence-electron chi connectivity index (χ2n) is 4.24. The van der Waals surface area contributed by atoms with Crippen LogP contribution in [0.4, 0.5) is 10.8 Å². The summed E-state index contributed by atoms with van der Waals surface area (Å²) in [6.07, 6.45) is 0. The lowest BCUT2D eigenvalue weighted by Crippen LogP contribution is -1.89. The molecular weight excluding hydrogens is 299 g/mol. The van der Waals surface area contributed by atoms with Crippen molar-refractivity contribution in [2.24, 2.45) is 0 Å². The van der Waals surface area contributed by atoms with Crippen LogP contribution in [0.25, 0.3) is 10.2 Å². The molecule has 1 aromatic heterocycles. The molecule has 0 unspecified atom stereocenters. The Morgan fingerprint density at radius 2 is 1.95 bits per heavy atom. The molecule has 2 aromatic carbocycles. The first-order valence-electron chi connectivity index (χ1n) is 5.71. The highest BCUT2D eigenvalue weighted by Crippen LogP contribution is 2.32. The Balaban J connectivity index is 1.98. The van der Waals surface area contributed by atoms with Crippen LogP contribution in [0.5, 0.6) is 0 Å². The lowest BCUT2D eigenvalue weighted by molar-refractivity contribution is 1.43. The van der Waals surface area contributed by atoms with Gasteiger partial charge in [0.25, 0.3) is 0 Å². The Bertz CT molecular complexity index is 752.